The van der Waals surface area contributed by atoms with Gasteiger partial charge in [-0.1, -0.05) is 22.8 Å². The van der Waals surface area contributed by atoms with Gasteiger partial charge in [-0.15, -0.1) is 5.10 Å². The third-order valence-electron chi connectivity index (χ3n) is 3.23. The van der Waals surface area contributed by atoms with Crippen molar-refractivity contribution in [3.05, 3.63) is 35.7 Å². The molecule has 2 radical (unpaired) electrons. The summed E-state index contributed by atoms with van der Waals surface area (Å²) in [6, 6.07) is 5.56. The van der Waals surface area contributed by atoms with Crippen LogP contribution in [0.4, 0.5) is 5.69 Å². The SMILES string of the molecule is [B]c1ccc2c(c1)NCC2C(=O)c1cnnn1C. The molecule has 3 rings (SSSR count). The van der Waals surface area contributed by atoms with Gasteiger partial charge in [0.2, 0.25) is 0 Å². The summed E-state index contributed by atoms with van der Waals surface area (Å²) in [7, 11) is 7.44. The van der Waals surface area contributed by atoms with Crippen LogP contribution in [0.5, 0.6) is 0 Å². The second-order valence-corrected chi connectivity index (χ2v) is 4.39. The van der Waals surface area contributed by atoms with E-state index in [-0.39, 0.29) is 11.7 Å². The van der Waals surface area contributed by atoms with E-state index in [0.29, 0.717) is 17.7 Å². The first-order chi connectivity index (χ1) is 8.66. The van der Waals surface area contributed by atoms with Crippen molar-refractivity contribution in [2.45, 2.75) is 5.92 Å². The van der Waals surface area contributed by atoms with E-state index in [4.69, 9.17) is 7.85 Å². The van der Waals surface area contributed by atoms with Crippen LogP contribution in [0.1, 0.15) is 22.0 Å². The lowest BCUT2D eigenvalue weighted by molar-refractivity contribution is 0.0957. The van der Waals surface area contributed by atoms with E-state index in [9.17, 15) is 4.79 Å². The molecule has 2 heterocycles. The highest BCUT2D eigenvalue weighted by molar-refractivity contribution is 6.32. The van der Waals surface area contributed by atoms with E-state index in [0.717, 1.165) is 11.3 Å². The Kier molecular flexibility index (Phi) is 2.43. The zero-order chi connectivity index (χ0) is 12.7. The van der Waals surface area contributed by atoms with Crippen LogP contribution in [0, 0.1) is 0 Å². The number of Topliss-reactive ketones (excluding diaryl/α,β-unsaturated/α-hetero) is 1. The lowest BCUT2D eigenvalue weighted by Crippen LogP contribution is -2.18. The molecule has 1 aromatic carbocycles. The predicted octanol–water partition coefficient (Wildman–Crippen LogP) is 0.000900. The lowest BCUT2D eigenvalue weighted by atomic mass is 9.90. The van der Waals surface area contributed by atoms with Gasteiger partial charge in [-0.3, -0.25) is 4.79 Å². The Morgan fingerprint density at radius 1 is 1.56 bits per heavy atom. The smallest absolute Gasteiger partial charge is 0.191 e. The lowest BCUT2D eigenvalue weighted by Gasteiger charge is -2.08. The molecule has 0 spiro atoms. The fourth-order valence-electron chi connectivity index (χ4n) is 2.28. The third-order valence-corrected chi connectivity index (χ3v) is 3.23. The van der Waals surface area contributed by atoms with Crippen molar-refractivity contribution in [1.29, 1.82) is 0 Å². The van der Waals surface area contributed by atoms with E-state index in [1.807, 2.05) is 18.2 Å². The summed E-state index contributed by atoms with van der Waals surface area (Å²) in [6.45, 7) is 0.586. The summed E-state index contributed by atoms with van der Waals surface area (Å²) in [5.41, 5.74) is 3.13. The second kappa shape index (κ2) is 3.98. The normalized spacial score (nSPS) is 17.3. The molecular formula is C12H11BN4O. The molecule has 0 fully saturated rings. The highest BCUT2D eigenvalue weighted by Crippen LogP contribution is 2.32. The van der Waals surface area contributed by atoms with Crippen LogP contribution in [-0.2, 0) is 7.05 Å². The topological polar surface area (TPSA) is 59.8 Å². The molecule has 1 aromatic heterocycles. The number of nitrogens with zero attached hydrogens (tertiary/aromatic N) is 3. The Balaban J connectivity index is 1.98. The first kappa shape index (κ1) is 11.0. The van der Waals surface area contributed by atoms with Crippen LogP contribution in [0.2, 0.25) is 0 Å². The fourth-order valence-corrected chi connectivity index (χ4v) is 2.28. The van der Waals surface area contributed by atoms with Gasteiger partial charge in [-0.2, -0.15) is 0 Å². The van der Waals surface area contributed by atoms with Crippen molar-refractivity contribution in [1.82, 2.24) is 15.0 Å². The number of carbonyl (C=O) groups excluding carboxylic acids is 1. The van der Waals surface area contributed by atoms with Crippen LogP contribution < -0.4 is 10.8 Å². The standard InChI is InChI=1S/C12H11BN4O/c1-17-11(6-15-16-17)12(18)9-5-14-10-4-7(13)2-3-8(9)10/h2-4,6,9,14H,5H2,1H3. The highest BCUT2D eigenvalue weighted by atomic mass is 16.1. The number of hydrogen-bond donors (Lipinski definition) is 1. The summed E-state index contributed by atoms with van der Waals surface area (Å²) in [4.78, 5) is 12.4. The van der Waals surface area contributed by atoms with Gasteiger partial charge in [0.15, 0.2) is 5.78 Å². The molecule has 1 unspecified atom stereocenters. The molecule has 5 nitrogen and oxygen atoms in total. The maximum Gasteiger partial charge on any atom is 0.191 e. The van der Waals surface area contributed by atoms with Gasteiger partial charge in [0.05, 0.1) is 12.1 Å². The van der Waals surface area contributed by atoms with Crippen LogP contribution >= 0.6 is 0 Å². The number of ketones is 1. The Morgan fingerprint density at radius 2 is 2.39 bits per heavy atom. The largest absolute Gasteiger partial charge is 0.384 e. The summed E-state index contributed by atoms with van der Waals surface area (Å²) >= 11 is 0. The monoisotopic (exact) mass is 238 g/mol. The van der Waals surface area contributed by atoms with Crippen molar-refractivity contribution in [2.75, 3.05) is 11.9 Å². The Labute approximate surface area is 106 Å². The molecule has 0 saturated heterocycles. The minimum absolute atomic E-state index is 0.0264. The molecular weight excluding hydrogens is 227 g/mol. The van der Waals surface area contributed by atoms with Gasteiger partial charge >= 0.3 is 0 Å². The number of benzene rings is 1. The molecule has 0 saturated carbocycles. The maximum atomic E-state index is 12.4. The van der Waals surface area contributed by atoms with Gasteiger partial charge in [0.25, 0.3) is 0 Å². The van der Waals surface area contributed by atoms with E-state index >= 15 is 0 Å². The van der Waals surface area contributed by atoms with E-state index in [1.54, 1.807) is 7.05 Å². The fraction of sp³-hybridized carbons (Fsp3) is 0.250. The van der Waals surface area contributed by atoms with Gasteiger partial charge in [-0.05, 0) is 11.6 Å². The molecule has 1 atom stereocenters. The molecule has 18 heavy (non-hydrogen) atoms. The number of hydrogen-bond acceptors (Lipinski definition) is 4. The zero-order valence-electron chi connectivity index (χ0n) is 9.92. The minimum Gasteiger partial charge on any atom is -0.384 e. The van der Waals surface area contributed by atoms with E-state index < -0.39 is 0 Å². The number of carbonyl (C=O) groups is 1. The predicted molar refractivity (Wildman–Crippen MR) is 68.4 cm³/mol. The number of rotatable bonds is 2. The molecule has 1 aliphatic rings. The molecule has 1 N–H and O–H groups in total. The van der Waals surface area contributed by atoms with Crippen LogP contribution in [0.25, 0.3) is 0 Å². The second-order valence-electron chi connectivity index (χ2n) is 4.39. The summed E-state index contributed by atoms with van der Waals surface area (Å²) < 4.78 is 1.50. The molecule has 0 aliphatic carbocycles. The molecule has 6 heteroatoms. The van der Waals surface area contributed by atoms with Gasteiger partial charge in [0, 0.05) is 19.3 Å². The number of fused-ring (bicyclic) bond motifs is 1. The average molecular weight is 238 g/mol. The number of anilines is 1. The first-order valence-corrected chi connectivity index (χ1v) is 5.69. The van der Waals surface area contributed by atoms with Crippen molar-refractivity contribution in [3.63, 3.8) is 0 Å². The molecule has 2 aromatic rings. The maximum absolute atomic E-state index is 12.4. The van der Waals surface area contributed by atoms with E-state index in [2.05, 4.69) is 15.6 Å². The molecule has 88 valence electrons. The summed E-state index contributed by atoms with van der Waals surface area (Å²) in [5.74, 6) is -0.170. The molecule has 1 aliphatic heterocycles. The van der Waals surface area contributed by atoms with Crippen molar-refractivity contribution in [2.24, 2.45) is 7.05 Å². The van der Waals surface area contributed by atoms with Crippen molar-refractivity contribution >= 4 is 24.8 Å². The van der Waals surface area contributed by atoms with Crippen LogP contribution in [-0.4, -0.2) is 35.2 Å². The molecule has 0 amide bonds. The van der Waals surface area contributed by atoms with Gasteiger partial charge in [0.1, 0.15) is 13.5 Å². The molecule has 0 bridgehead atoms. The van der Waals surface area contributed by atoms with Gasteiger partial charge < -0.3 is 5.32 Å². The summed E-state index contributed by atoms with van der Waals surface area (Å²) in [6.07, 6.45) is 1.50. The number of aryl methyl sites for hydroxylation is 1. The van der Waals surface area contributed by atoms with E-state index in [1.165, 1.54) is 10.9 Å². The average Bonchev–Trinajstić information content (AvgIpc) is 2.94. The minimum atomic E-state index is -0.196. The van der Waals surface area contributed by atoms with Crippen molar-refractivity contribution in [3.8, 4) is 0 Å². The van der Waals surface area contributed by atoms with Crippen LogP contribution in [0.15, 0.2) is 24.4 Å². The first-order valence-electron chi connectivity index (χ1n) is 5.69. The Morgan fingerprint density at radius 3 is 3.11 bits per heavy atom. The van der Waals surface area contributed by atoms with Gasteiger partial charge in [-0.25, -0.2) is 4.68 Å². The highest BCUT2D eigenvalue weighted by Gasteiger charge is 2.30. The zero-order valence-corrected chi connectivity index (χ0v) is 9.92. The third kappa shape index (κ3) is 1.61. The van der Waals surface area contributed by atoms with Crippen molar-refractivity contribution < 1.29 is 4.79 Å². The number of nitrogens with one attached hydrogen (secondary N) is 1. The number of aromatic nitrogens is 3. The Bertz CT molecular complexity index is 622. The summed E-state index contributed by atoms with van der Waals surface area (Å²) in [5, 5.41) is 10.7. The van der Waals surface area contributed by atoms with Crippen LogP contribution in [0.3, 0.4) is 0 Å². The quantitative estimate of drug-likeness (QED) is 0.591. The Hall–Kier alpha value is -2.11.